The number of carbonyl (C=O) groups is 2. The smallest absolute Gasteiger partial charge is 0.244 e. The average molecular weight is 596 g/mol. The molecule has 1 atom stereocenters. The van der Waals surface area contributed by atoms with Crippen molar-refractivity contribution in [3.05, 3.63) is 101 Å². The van der Waals surface area contributed by atoms with Crippen LogP contribution < -0.4 is 9.62 Å². The van der Waals surface area contributed by atoms with Gasteiger partial charge in [-0.15, -0.1) is 0 Å². The van der Waals surface area contributed by atoms with Crippen molar-refractivity contribution in [3.8, 4) is 0 Å². The van der Waals surface area contributed by atoms with Crippen LogP contribution in [-0.4, -0.2) is 50.0 Å². The van der Waals surface area contributed by atoms with Crippen LogP contribution in [0.5, 0.6) is 0 Å². The lowest BCUT2D eigenvalue weighted by molar-refractivity contribution is -0.140. The first-order chi connectivity index (χ1) is 19.6. The molecule has 41 heavy (non-hydrogen) atoms. The first-order valence-corrected chi connectivity index (χ1v) is 16.3. The highest BCUT2D eigenvalue weighted by Gasteiger charge is 2.34. The van der Waals surface area contributed by atoms with Gasteiger partial charge in [0.15, 0.2) is 0 Å². The quantitative estimate of drug-likeness (QED) is 0.317. The molecule has 0 radical (unpaired) electrons. The van der Waals surface area contributed by atoms with E-state index >= 15 is 0 Å². The van der Waals surface area contributed by atoms with E-state index in [1.807, 2.05) is 61.5 Å². The lowest BCUT2D eigenvalue weighted by Gasteiger charge is -2.35. The molecule has 3 aromatic rings. The summed E-state index contributed by atoms with van der Waals surface area (Å²) >= 11 is 6.37. The van der Waals surface area contributed by atoms with E-state index in [1.165, 1.54) is 4.90 Å². The number of para-hydroxylation sites is 1. The van der Waals surface area contributed by atoms with Crippen LogP contribution in [0.3, 0.4) is 0 Å². The molecule has 9 heteroatoms. The first-order valence-electron chi connectivity index (χ1n) is 14.0. The lowest BCUT2D eigenvalue weighted by atomic mass is 9.94. The van der Waals surface area contributed by atoms with E-state index < -0.39 is 28.5 Å². The number of anilines is 1. The maximum atomic E-state index is 14.2. The minimum Gasteiger partial charge on any atom is -0.352 e. The van der Waals surface area contributed by atoms with E-state index in [4.69, 9.17) is 11.6 Å². The highest BCUT2D eigenvalue weighted by atomic mass is 35.5. The van der Waals surface area contributed by atoms with Crippen LogP contribution in [-0.2, 0) is 32.6 Å². The molecule has 1 aliphatic rings. The van der Waals surface area contributed by atoms with Gasteiger partial charge in [-0.25, -0.2) is 8.42 Å². The summed E-state index contributed by atoms with van der Waals surface area (Å²) in [5.41, 5.74) is 3.04. The van der Waals surface area contributed by atoms with Crippen LogP contribution in [0.2, 0.25) is 5.02 Å². The number of carbonyl (C=O) groups excluding carboxylic acids is 2. The van der Waals surface area contributed by atoms with E-state index in [-0.39, 0.29) is 29.2 Å². The maximum Gasteiger partial charge on any atom is 0.244 e. The second kappa shape index (κ2) is 14.0. The molecule has 1 saturated carbocycles. The minimum absolute atomic E-state index is 0.0569. The molecule has 0 aromatic heterocycles. The summed E-state index contributed by atoms with van der Waals surface area (Å²) in [4.78, 5) is 29.7. The van der Waals surface area contributed by atoms with Gasteiger partial charge in [-0.1, -0.05) is 103 Å². The molecule has 1 fully saturated rings. The normalized spacial score (nSPS) is 14.7. The number of amides is 2. The molecule has 1 aliphatic carbocycles. The van der Waals surface area contributed by atoms with Gasteiger partial charge in [0.2, 0.25) is 21.8 Å². The molecular weight excluding hydrogens is 558 g/mol. The molecular formula is C32H38ClN3O4S. The third-order valence-corrected chi connectivity index (χ3v) is 8.94. The van der Waals surface area contributed by atoms with Crippen LogP contribution in [0.1, 0.15) is 48.8 Å². The van der Waals surface area contributed by atoms with E-state index in [2.05, 4.69) is 5.32 Å². The zero-order valence-electron chi connectivity index (χ0n) is 23.6. The molecule has 0 saturated heterocycles. The predicted molar refractivity (Wildman–Crippen MR) is 164 cm³/mol. The van der Waals surface area contributed by atoms with Crippen molar-refractivity contribution in [2.45, 2.75) is 64.1 Å². The number of rotatable bonds is 11. The molecule has 7 nitrogen and oxygen atoms in total. The molecule has 3 aromatic carbocycles. The molecule has 0 spiro atoms. The first kappa shape index (κ1) is 30.6. The number of hydrogen-bond acceptors (Lipinski definition) is 4. The zero-order chi connectivity index (χ0) is 29.4. The minimum atomic E-state index is -3.87. The van der Waals surface area contributed by atoms with Crippen molar-refractivity contribution in [1.29, 1.82) is 0 Å². The summed E-state index contributed by atoms with van der Waals surface area (Å²) in [7, 11) is -3.87. The molecule has 2 amide bonds. The second-order valence-electron chi connectivity index (χ2n) is 10.8. The predicted octanol–water partition coefficient (Wildman–Crippen LogP) is 5.50. The van der Waals surface area contributed by atoms with Crippen molar-refractivity contribution in [2.75, 3.05) is 17.1 Å². The van der Waals surface area contributed by atoms with E-state index in [9.17, 15) is 18.0 Å². The molecule has 1 N–H and O–H groups in total. The molecule has 0 heterocycles. The Kier molecular flexibility index (Phi) is 10.5. The fourth-order valence-corrected chi connectivity index (χ4v) is 6.39. The summed E-state index contributed by atoms with van der Waals surface area (Å²) in [6, 6.07) is 23.1. The van der Waals surface area contributed by atoms with Crippen molar-refractivity contribution in [1.82, 2.24) is 10.2 Å². The number of halogens is 1. The van der Waals surface area contributed by atoms with Gasteiger partial charge in [-0.2, -0.15) is 0 Å². The monoisotopic (exact) mass is 595 g/mol. The topological polar surface area (TPSA) is 86.8 Å². The molecule has 218 valence electrons. The van der Waals surface area contributed by atoms with Crippen LogP contribution in [0, 0.1) is 6.92 Å². The number of benzene rings is 3. The van der Waals surface area contributed by atoms with E-state index in [0.717, 1.165) is 59.4 Å². The summed E-state index contributed by atoms with van der Waals surface area (Å²) < 4.78 is 26.8. The van der Waals surface area contributed by atoms with Gasteiger partial charge < -0.3 is 10.2 Å². The average Bonchev–Trinajstić information content (AvgIpc) is 2.95. The van der Waals surface area contributed by atoms with Crippen LogP contribution in [0.4, 0.5) is 5.69 Å². The summed E-state index contributed by atoms with van der Waals surface area (Å²) in [5, 5.41) is 3.42. The fourth-order valence-electron chi connectivity index (χ4n) is 5.24. The lowest BCUT2D eigenvalue weighted by Crippen LogP contribution is -2.55. The number of hydrogen-bond donors (Lipinski definition) is 1. The molecule has 0 unspecified atom stereocenters. The number of nitrogens with zero attached hydrogens (tertiary/aromatic N) is 2. The Hall–Kier alpha value is -3.36. The Morgan fingerprint density at radius 1 is 0.902 bits per heavy atom. The Morgan fingerprint density at radius 3 is 2.17 bits per heavy atom. The van der Waals surface area contributed by atoms with Gasteiger partial charge >= 0.3 is 0 Å². The number of sulfonamides is 1. The van der Waals surface area contributed by atoms with Crippen molar-refractivity contribution < 1.29 is 18.0 Å². The largest absolute Gasteiger partial charge is 0.352 e. The maximum absolute atomic E-state index is 14.2. The molecule has 0 aliphatic heterocycles. The highest BCUT2D eigenvalue weighted by Crippen LogP contribution is 2.28. The summed E-state index contributed by atoms with van der Waals surface area (Å²) in [6.45, 7) is 1.64. The van der Waals surface area contributed by atoms with E-state index in [0.29, 0.717) is 6.42 Å². The van der Waals surface area contributed by atoms with Crippen LogP contribution in [0.25, 0.3) is 0 Å². The standard InChI is InChI=1S/C32H38ClN3O4S/c1-24-17-19-26(20-18-24)22-35(31(37)23-36(41(2,39)40)29-16-10-9-15-28(29)33)30(21-25-11-5-3-6-12-25)32(38)34-27-13-7-4-8-14-27/h3,5-6,9-12,15-20,27,30H,4,7-8,13-14,21-23H2,1-2H3,(H,34,38)/t30-/m0/s1. The van der Waals surface area contributed by atoms with E-state index in [1.54, 1.807) is 24.3 Å². The van der Waals surface area contributed by atoms with Gasteiger partial charge in [-0.05, 0) is 43.0 Å². The Balaban J connectivity index is 1.72. The van der Waals surface area contributed by atoms with Gasteiger partial charge in [0.05, 0.1) is 17.0 Å². The van der Waals surface area contributed by atoms with Crippen molar-refractivity contribution in [2.24, 2.45) is 0 Å². The SMILES string of the molecule is Cc1ccc(CN(C(=O)CN(c2ccccc2Cl)S(C)(=O)=O)[C@@H](Cc2ccccc2)C(=O)NC2CCCCC2)cc1. The third kappa shape index (κ3) is 8.57. The fraction of sp³-hybridized carbons (Fsp3) is 0.375. The highest BCUT2D eigenvalue weighted by molar-refractivity contribution is 7.92. The van der Waals surface area contributed by atoms with Crippen LogP contribution >= 0.6 is 11.6 Å². The summed E-state index contributed by atoms with van der Waals surface area (Å²) in [5.74, 6) is -0.722. The van der Waals surface area contributed by atoms with Gasteiger partial charge in [0.1, 0.15) is 12.6 Å². The Bertz CT molecular complexity index is 1420. The summed E-state index contributed by atoms with van der Waals surface area (Å²) in [6.07, 6.45) is 6.42. The van der Waals surface area contributed by atoms with Crippen molar-refractivity contribution >= 4 is 39.1 Å². The van der Waals surface area contributed by atoms with Gasteiger partial charge in [0.25, 0.3) is 0 Å². The number of nitrogens with one attached hydrogen (secondary N) is 1. The van der Waals surface area contributed by atoms with Crippen molar-refractivity contribution in [3.63, 3.8) is 0 Å². The van der Waals surface area contributed by atoms with Gasteiger partial charge in [-0.3, -0.25) is 13.9 Å². The third-order valence-electron chi connectivity index (χ3n) is 7.50. The molecule has 0 bridgehead atoms. The second-order valence-corrected chi connectivity index (χ2v) is 13.1. The Morgan fingerprint density at radius 2 is 1.54 bits per heavy atom. The van der Waals surface area contributed by atoms with Gasteiger partial charge in [0, 0.05) is 19.0 Å². The van der Waals surface area contributed by atoms with Crippen LogP contribution in [0.15, 0.2) is 78.9 Å². The zero-order valence-corrected chi connectivity index (χ0v) is 25.2. The Labute approximate surface area is 248 Å². The number of aryl methyl sites for hydroxylation is 1. The molecule has 4 rings (SSSR count).